The van der Waals surface area contributed by atoms with E-state index in [2.05, 4.69) is 27.5 Å². The molecule has 0 amide bonds. The Morgan fingerprint density at radius 2 is 2.26 bits per heavy atom. The summed E-state index contributed by atoms with van der Waals surface area (Å²) in [5, 5.41) is 13.4. The van der Waals surface area contributed by atoms with Crippen LogP contribution < -0.4 is 10.1 Å². The van der Waals surface area contributed by atoms with E-state index in [1.54, 1.807) is 11.3 Å². The number of hydrogen-bond donors (Lipinski definition) is 1. The standard InChI is InChI=1S/C13H22N4OS/c1-17-7-2-3-11(17)6-8-18-13-16-15-12(19-13)9-14-10-4-5-10/h10-11,14H,2-9H2,1H3. The first-order valence-electron chi connectivity index (χ1n) is 7.20. The van der Waals surface area contributed by atoms with Gasteiger partial charge in [0.2, 0.25) is 0 Å². The monoisotopic (exact) mass is 282 g/mol. The minimum Gasteiger partial charge on any atom is -0.469 e. The topological polar surface area (TPSA) is 50.3 Å². The molecule has 106 valence electrons. The summed E-state index contributed by atoms with van der Waals surface area (Å²) in [5.74, 6) is 0. The van der Waals surface area contributed by atoms with Crippen molar-refractivity contribution in [2.75, 3.05) is 20.2 Å². The van der Waals surface area contributed by atoms with Gasteiger partial charge in [0.1, 0.15) is 5.01 Å². The number of nitrogens with zero attached hydrogens (tertiary/aromatic N) is 3. The van der Waals surface area contributed by atoms with Gasteiger partial charge in [0, 0.05) is 12.1 Å². The number of aromatic nitrogens is 2. The molecule has 2 fully saturated rings. The van der Waals surface area contributed by atoms with E-state index in [0.717, 1.165) is 24.6 Å². The Bertz CT molecular complexity index is 407. The van der Waals surface area contributed by atoms with Gasteiger partial charge < -0.3 is 15.0 Å². The lowest BCUT2D eigenvalue weighted by Crippen LogP contribution is -2.26. The molecule has 1 aliphatic heterocycles. The molecule has 1 atom stereocenters. The van der Waals surface area contributed by atoms with Crippen LogP contribution in [-0.2, 0) is 6.54 Å². The van der Waals surface area contributed by atoms with Crippen molar-refractivity contribution < 1.29 is 4.74 Å². The van der Waals surface area contributed by atoms with E-state index in [1.165, 1.54) is 32.2 Å². The van der Waals surface area contributed by atoms with Crippen molar-refractivity contribution in [3.05, 3.63) is 5.01 Å². The van der Waals surface area contributed by atoms with Crippen LogP contribution in [0.25, 0.3) is 0 Å². The van der Waals surface area contributed by atoms with Gasteiger partial charge in [-0.1, -0.05) is 11.3 Å². The van der Waals surface area contributed by atoms with Crippen LogP contribution in [0.2, 0.25) is 0 Å². The molecule has 1 aromatic rings. The Morgan fingerprint density at radius 1 is 1.37 bits per heavy atom. The zero-order valence-electron chi connectivity index (χ0n) is 11.5. The summed E-state index contributed by atoms with van der Waals surface area (Å²) in [6, 6.07) is 1.40. The first-order chi connectivity index (χ1) is 9.31. The highest BCUT2D eigenvalue weighted by Gasteiger charge is 2.22. The third-order valence-corrected chi connectivity index (χ3v) is 4.75. The molecule has 1 saturated carbocycles. The van der Waals surface area contributed by atoms with Gasteiger partial charge in [-0.15, -0.1) is 10.2 Å². The fraction of sp³-hybridized carbons (Fsp3) is 0.846. The second-order valence-electron chi connectivity index (χ2n) is 5.53. The third-order valence-electron chi connectivity index (χ3n) is 3.92. The number of ether oxygens (including phenoxy) is 1. The highest BCUT2D eigenvalue weighted by Crippen LogP contribution is 2.23. The molecular formula is C13H22N4OS. The van der Waals surface area contributed by atoms with E-state index in [9.17, 15) is 0 Å². The quantitative estimate of drug-likeness (QED) is 0.824. The normalized spacial score (nSPS) is 23.9. The van der Waals surface area contributed by atoms with Crippen molar-refractivity contribution in [1.29, 1.82) is 0 Å². The van der Waals surface area contributed by atoms with E-state index in [-0.39, 0.29) is 0 Å². The number of nitrogens with one attached hydrogen (secondary N) is 1. The van der Waals surface area contributed by atoms with E-state index in [0.29, 0.717) is 17.3 Å². The largest absolute Gasteiger partial charge is 0.469 e. The van der Waals surface area contributed by atoms with Gasteiger partial charge in [0.15, 0.2) is 0 Å². The maximum Gasteiger partial charge on any atom is 0.294 e. The molecule has 2 heterocycles. The van der Waals surface area contributed by atoms with Crippen LogP contribution >= 0.6 is 11.3 Å². The van der Waals surface area contributed by atoms with Crippen molar-refractivity contribution in [3.63, 3.8) is 0 Å². The smallest absolute Gasteiger partial charge is 0.294 e. The molecule has 6 heteroatoms. The van der Waals surface area contributed by atoms with Gasteiger partial charge in [0.25, 0.3) is 5.19 Å². The van der Waals surface area contributed by atoms with E-state index in [4.69, 9.17) is 4.74 Å². The highest BCUT2D eigenvalue weighted by molar-refractivity contribution is 7.13. The highest BCUT2D eigenvalue weighted by atomic mass is 32.1. The Kier molecular flexibility index (Phi) is 4.30. The Hall–Kier alpha value is -0.720. The summed E-state index contributed by atoms with van der Waals surface area (Å²) in [6.07, 6.45) is 6.31. The van der Waals surface area contributed by atoms with Gasteiger partial charge in [-0.25, -0.2) is 0 Å². The summed E-state index contributed by atoms with van der Waals surface area (Å²) < 4.78 is 5.71. The van der Waals surface area contributed by atoms with Crippen LogP contribution in [0.3, 0.4) is 0 Å². The number of rotatable bonds is 7. The van der Waals surface area contributed by atoms with Crippen LogP contribution in [0.15, 0.2) is 0 Å². The third kappa shape index (κ3) is 3.87. The summed E-state index contributed by atoms with van der Waals surface area (Å²) in [4.78, 5) is 2.43. The Balaban J connectivity index is 1.37. The van der Waals surface area contributed by atoms with Gasteiger partial charge in [0.05, 0.1) is 13.2 Å². The molecule has 1 aromatic heterocycles. The first-order valence-corrected chi connectivity index (χ1v) is 8.02. The summed E-state index contributed by atoms with van der Waals surface area (Å²) >= 11 is 1.57. The zero-order chi connectivity index (χ0) is 13.1. The molecule has 0 spiro atoms. The number of likely N-dealkylation sites (tertiary alicyclic amines) is 1. The second-order valence-corrected chi connectivity index (χ2v) is 6.56. The molecule has 5 nitrogen and oxygen atoms in total. The van der Waals surface area contributed by atoms with E-state index < -0.39 is 0 Å². The molecular weight excluding hydrogens is 260 g/mol. The summed E-state index contributed by atoms with van der Waals surface area (Å²) in [5.41, 5.74) is 0. The average Bonchev–Trinajstić information content (AvgIpc) is 2.99. The zero-order valence-corrected chi connectivity index (χ0v) is 12.3. The SMILES string of the molecule is CN1CCCC1CCOc1nnc(CNC2CC2)s1. The Morgan fingerprint density at radius 3 is 3.00 bits per heavy atom. The molecule has 2 aliphatic rings. The van der Waals surface area contributed by atoms with Crippen LogP contribution in [0, 0.1) is 0 Å². The predicted molar refractivity (Wildman–Crippen MR) is 75.5 cm³/mol. The molecule has 1 N–H and O–H groups in total. The molecule has 0 bridgehead atoms. The first kappa shape index (κ1) is 13.3. The maximum atomic E-state index is 5.71. The maximum absolute atomic E-state index is 5.71. The molecule has 19 heavy (non-hydrogen) atoms. The van der Waals surface area contributed by atoms with Crippen molar-refractivity contribution in [3.8, 4) is 5.19 Å². The molecule has 0 aromatic carbocycles. The summed E-state index contributed by atoms with van der Waals surface area (Å²) in [6.45, 7) is 2.80. The fourth-order valence-corrected chi connectivity index (χ4v) is 3.18. The minimum absolute atomic E-state index is 0.684. The lowest BCUT2D eigenvalue weighted by atomic mass is 10.2. The molecule has 1 unspecified atom stereocenters. The van der Waals surface area contributed by atoms with Crippen molar-refractivity contribution in [1.82, 2.24) is 20.4 Å². The van der Waals surface area contributed by atoms with E-state index >= 15 is 0 Å². The lowest BCUT2D eigenvalue weighted by molar-refractivity contribution is 0.232. The number of hydrogen-bond acceptors (Lipinski definition) is 6. The average molecular weight is 282 g/mol. The van der Waals surface area contributed by atoms with E-state index in [1.807, 2.05) is 0 Å². The fourth-order valence-electron chi connectivity index (χ4n) is 2.51. The second kappa shape index (κ2) is 6.15. The molecule has 1 aliphatic carbocycles. The van der Waals surface area contributed by atoms with Crippen LogP contribution in [-0.4, -0.2) is 47.4 Å². The van der Waals surface area contributed by atoms with Gasteiger partial charge in [-0.3, -0.25) is 0 Å². The van der Waals surface area contributed by atoms with Crippen molar-refractivity contribution >= 4 is 11.3 Å². The molecule has 1 saturated heterocycles. The molecule has 3 rings (SSSR count). The van der Waals surface area contributed by atoms with Crippen molar-refractivity contribution in [2.45, 2.75) is 50.7 Å². The van der Waals surface area contributed by atoms with Crippen molar-refractivity contribution in [2.24, 2.45) is 0 Å². The summed E-state index contributed by atoms with van der Waals surface area (Å²) in [7, 11) is 2.20. The van der Waals surface area contributed by atoms with Crippen LogP contribution in [0.5, 0.6) is 5.19 Å². The van der Waals surface area contributed by atoms with Crippen LogP contribution in [0.4, 0.5) is 0 Å². The van der Waals surface area contributed by atoms with Crippen LogP contribution in [0.1, 0.15) is 37.1 Å². The Labute approximate surface area is 118 Å². The van der Waals surface area contributed by atoms with Gasteiger partial charge in [-0.05, 0) is 45.7 Å². The van der Waals surface area contributed by atoms with Gasteiger partial charge in [-0.2, -0.15) is 0 Å². The molecule has 0 radical (unpaired) electrons. The lowest BCUT2D eigenvalue weighted by Gasteiger charge is -2.18. The minimum atomic E-state index is 0.684. The van der Waals surface area contributed by atoms with Gasteiger partial charge >= 0.3 is 0 Å². The predicted octanol–water partition coefficient (Wildman–Crippen LogP) is 1.65.